The van der Waals surface area contributed by atoms with Gasteiger partial charge >= 0.3 is 0 Å². The summed E-state index contributed by atoms with van der Waals surface area (Å²) in [4.78, 5) is 6.20. The number of likely N-dealkylation sites (N-methyl/N-ethyl adjacent to an activating group) is 1. The Labute approximate surface area is 116 Å². The molecule has 0 aromatic carbocycles. The fourth-order valence-electron chi connectivity index (χ4n) is 2.23. The SMILES string of the molecule is CN1Cc2ccc(Cl)nc2OC(CC(CF)CF)C1. The molecule has 0 bridgehead atoms. The molecule has 2 heterocycles. The number of nitrogens with zero attached hydrogens (tertiary/aromatic N) is 2. The van der Waals surface area contributed by atoms with Gasteiger partial charge < -0.3 is 4.74 Å². The summed E-state index contributed by atoms with van der Waals surface area (Å²) in [6.07, 6.45) is 0.0686. The fourth-order valence-corrected chi connectivity index (χ4v) is 2.37. The van der Waals surface area contributed by atoms with Gasteiger partial charge in [-0.1, -0.05) is 11.6 Å². The Balaban J connectivity index is 2.15. The van der Waals surface area contributed by atoms with Gasteiger partial charge in [0.15, 0.2) is 0 Å². The van der Waals surface area contributed by atoms with Gasteiger partial charge in [0.05, 0.1) is 13.3 Å². The molecule has 106 valence electrons. The zero-order valence-electron chi connectivity index (χ0n) is 10.8. The molecule has 1 unspecified atom stereocenters. The van der Waals surface area contributed by atoms with E-state index in [1.54, 1.807) is 6.07 Å². The summed E-state index contributed by atoms with van der Waals surface area (Å²) in [6, 6.07) is 3.58. The first kappa shape index (κ1) is 14.5. The highest BCUT2D eigenvalue weighted by atomic mass is 35.5. The van der Waals surface area contributed by atoms with Gasteiger partial charge in [0.2, 0.25) is 5.88 Å². The van der Waals surface area contributed by atoms with Gasteiger partial charge in [0, 0.05) is 24.6 Å². The molecule has 0 saturated heterocycles. The first-order valence-corrected chi connectivity index (χ1v) is 6.62. The molecule has 3 nitrogen and oxygen atoms in total. The van der Waals surface area contributed by atoms with E-state index in [4.69, 9.17) is 16.3 Å². The topological polar surface area (TPSA) is 25.4 Å². The molecule has 0 N–H and O–H groups in total. The van der Waals surface area contributed by atoms with Crippen LogP contribution in [0, 0.1) is 5.92 Å². The molecule has 0 fully saturated rings. The predicted octanol–water partition coefficient (Wildman–Crippen LogP) is 2.87. The number of aromatic nitrogens is 1. The molecule has 19 heavy (non-hydrogen) atoms. The van der Waals surface area contributed by atoms with Crippen molar-refractivity contribution in [2.75, 3.05) is 26.9 Å². The number of alkyl halides is 2. The molecule has 0 aliphatic carbocycles. The molecule has 2 rings (SSSR count). The van der Waals surface area contributed by atoms with E-state index in [0.717, 1.165) is 5.56 Å². The standard InChI is InChI=1S/C13H17ClF2N2O/c1-18-7-10-2-3-12(14)17-13(10)19-11(8-18)4-9(5-15)6-16/h2-3,9,11H,4-8H2,1H3. The van der Waals surface area contributed by atoms with Crippen LogP contribution in [0.15, 0.2) is 12.1 Å². The number of rotatable bonds is 4. The van der Waals surface area contributed by atoms with Crippen molar-refractivity contribution >= 4 is 11.6 Å². The van der Waals surface area contributed by atoms with Crippen molar-refractivity contribution in [1.29, 1.82) is 0 Å². The van der Waals surface area contributed by atoms with Crippen LogP contribution in [0.2, 0.25) is 5.15 Å². The van der Waals surface area contributed by atoms with E-state index in [2.05, 4.69) is 9.88 Å². The number of hydrogen-bond donors (Lipinski definition) is 0. The summed E-state index contributed by atoms with van der Waals surface area (Å²) in [5, 5.41) is 0.356. The van der Waals surface area contributed by atoms with Gasteiger partial charge in [-0.2, -0.15) is 0 Å². The van der Waals surface area contributed by atoms with E-state index in [1.165, 1.54) is 0 Å². The molecule has 0 amide bonds. The Morgan fingerprint density at radius 1 is 1.47 bits per heavy atom. The van der Waals surface area contributed by atoms with E-state index in [1.807, 2.05) is 13.1 Å². The van der Waals surface area contributed by atoms with Crippen LogP contribution in [0.1, 0.15) is 12.0 Å². The van der Waals surface area contributed by atoms with Gasteiger partial charge in [-0.3, -0.25) is 13.7 Å². The third kappa shape index (κ3) is 3.76. The summed E-state index contributed by atoms with van der Waals surface area (Å²) in [5.74, 6) is -0.141. The number of halogens is 3. The molecule has 1 atom stereocenters. The Bertz CT molecular complexity index is 429. The lowest BCUT2D eigenvalue weighted by atomic mass is 10.0. The summed E-state index contributed by atoms with van der Waals surface area (Å²) >= 11 is 5.85. The van der Waals surface area contributed by atoms with Crippen molar-refractivity contribution in [3.8, 4) is 5.88 Å². The smallest absolute Gasteiger partial charge is 0.219 e. The zero-order valence-corrected chi connectivity index (χ0v) is 11.5. The molecule has 1 aromatic heterocycles. The van der Waals surface area contributed by atoms with Crippen molar-refractivity contribution in [2.45, 2.75) is 19.1 Å². The molecule has 1 aromatic rings. The largest absolute Gasteiger partial charge is 0.473 e. The lowest BCUT2D eigenvalue weighted by Gasteiger charge is -2.22. The van der Waals surface area contributed by atoms with Crippen LogP contribution >= 0.6 is 11.6 Å². The predicted molar refractivity (Wildman–Crippen MR) is 70.1 cm³/mol. The van der Waals surface area contributed by atoms with E-state index < -0.39 is 19.3 Å². The second-order valence-corrected chi connectivity index (χ2v) is 5.33. The molecule has 0 saturated carbocycles. The average molecular weight is 291 g/mol. The van der Waals surface area contributed by atoms with Crippen molar-refractivity contribution in [3.63, 3.8) is 0 Å². The minimum absolute atomic E-state index is 0.270. The zero-order chi connectivity index (χ0) is 13.8. The normalized spacial score (nSPS) is 19.9. The summed E-state index contributed by atoms with van der Waals surface area (Å²) in [7, 11) is 1.94. The Morgan fingerprint density at radius 3 is 2.89 bits per heavy atom. The second kappa shape index (κ2) is 6.48. The molecular formula is C13H17ClF2N2O. The van der Waals surface area contributed by atoms with Crippen LogP contribution in [-0.2, 0) is 6.54 Å². The molecule has 1 aliphatic rings. The molecule has 6 heteroatoms. The third-order valence-corrected chi connectivity index (χ3v) is 3.38. The summed E-state index contributed by atoms with van der Waals surface area (Å²) < 4.78 is 31.0. The van der Waals surface area contributed by atoms with Gasteiger partial charge in [-0.25, -0.2) is 4.98 Å². The van der Waals surface area contributed by atoms with Crippen LogP contribution in [0.4, 0.5) is 8.78 Å². The summed E-state index contributed by atoms with van der Waals surface area (Å²) in [6.45, 7) is -0.0395. The van der Waals surface area contributed by atoms with E-state index in [0.29, 0.717) is 30.5 Å². The number of ether oxygens (including phenoxy) is 1. The second-order valence-electron chi connectivity index (χ2n) is 4.95. The maximum absolute atomic E-state index is 12.6. The number of fused-ring (bicyclic) bond motifs is 1. The van der Waals surface area contributed by atoms with Crippen LogP contribution < -0.4 is 4.74 Å². The van der Waals surface area contributed by atoms with Crippen LogP contribution in [0.3, 0.4) is 0 Å². The highest BCUT2D eigenvalue weighted by molar-refractivity contribution is 6.29. The third-order valence-electron chi connectivity index (χ3n) is 3.17. The quantitative estimate of drug-likeness (QED) is 0.797. The maximum atomic E-state index is 12.6. The van der Waals surface area contributed by atoms with Crippen LogP contribution in [0.25, 0.3) is 0 Å². The van der Waals surface area contributed by atoms with Crippen molar-refractivity contribution in [3.05, 3.63) is 22.8 Å². The Morgan fingerprint density at radius 2 is 2.21 bits per heavy atom. The lowest BCUT2D eigenvalue weighted by molar-refractivity contribution is 0.115. The highest BCUT2D eigenvalue weighted by Gasteiger charge is 2.25. The Kier molecular flexibility index (Phi) is 4.93. The van der Waals surface area contributed by atoms with Crippen molar-refractivity contribution in [2.24, 2.45) is 5.92 Å². The van der Waals surface area contributed by atoms with Gasteiger partial charge in [0.1, 0.15) is 11.3 Å². The van der Waals surface area contributed by atoms with E-state index >= 15 is 0 Å². The fraction of sp³-hybridized carbons (Fsp3) is 0.615. The molecule has 1 aliphatic heterocycles. The van der Waals surface area contributed by atoms with Crippen molar-refractivity contribution < 1.29 is 13.5 Å². The first-order valence-electron chi connectivity index (χ1n) is 6.25. The number of pyridine rings is 1. The highest BCUT2D eigenvalue weighted by Crippen LogP contribution is 2.26. The molecular weight excluding hydrogens is 274 g/mol. The molecule has 0 spiro atoms. The number of hydrogen-bond acceptors (Lipinski definition) is 3. The van der Waals surface area contributed by atoms with Crippen molar-refractivity contribution in [1.82, 2.24) is 9.88 Å². The minimum Gasteiger partial charge on any atom is -0.473 e. The average Bonchev–Trinajstić information content (AvgIpc) is 2.53. The van der Waals surface area contributed by atoms with Gasteiger partial charge in [-0.15, -0.1) is 0 Å². The minimum atomic E-state index is -0.671. The maximum Gasteiger partial charge on any atom is 0.219 e. The Hall–Kier alpha value is -0.940. The summed E-state index contributed by atoms with van der Waals surface area (Å²) in [5.41, 5.74) is 0.937. The monoisotopic (exact) mass is 290 g/mol. The van der Waals surface area contributed by atoms with E-state index in [-0.39, 0.29) is 6.10 Å². The van der Waals surface area contributed by atoms with Gasteiger partial charge in [-0.05, 0) is 25.6 Å². The molecule has 0 radical (unpaired) electrons. The van der Waals surface area contributed by atoms with Crippen LogP contribution in [0.5, 0.6) is 5.88 Å². The van der Waals surface area contributed by atoms with Gasteiger partial charge in [0.25, 0.3) is 0 Å². The van der Waals surface area contributed by atoms with E-state index in [9.17, 15) is 8.78 Å². The van der Waals surface area contributed by atoms with Crippen LogP contribution in [-0.4, -0.2) is 42.9 Å². The lowest BCUT2D eigenvalue weighted by Crippen LogP contribution is -2.32. The first-order chi connectivity index (χ1) is 9.12.